The standard InChI is InChI=1S/C19H21NO2/c21-18-11-13-20(14-12-18)15-19(22,16-7-3-1-4-8-16)17-9-5-2-6-10-17/h1-10,22H,11-15H2. The summed E-state index contributed by atoms with van der Waals surface area (Å²) in [6.07, 6.45) is 1.17. The lowest BCUT2D eigenvalue weighted by Gasteiger charge is -2.36. The Bertz CT molecular complexity index is 575. The third-order valence-electron chi connectivity index (χ3n) is 4.37. The molecule has 0 aliphatic carbocycles. The van der Waals surface area contributed by atoms with Gasteiger partial charge in [0.25, 0.3) is 0 Å². The van der Waals surface area contributed by atoms with E-state index in [0.717, 1.165) is 24.2 Å². The number of likely N-dealkylation sites (tertiary alicyclic amines) is 1. The van der Waals surface area contributed by atoms with Gasteiger partial charge in [0.2, 0.25) is 0 Å². The van der Waals surface area contributed by atoms with E-state index in [1.807, 2.05) is 60.7 Å². The van der Waals surface area contributed by atoms with Crippen molar-refractivity contribution in [3.63, 3.8) is 0 Å². The van der Waals surface area contributed by atoms with E-state index in [0.29, 0.717) is 25.2 Å². The van der Waals surface area contributed by atoms with Crippen LogP contribution in [-0.2, 0) is 10.4 Å². The third-order valence-corrected chi connectivity index (χ3v) is 4.37. The number of piperidine rings is 1. The lowest BCUT2D eigenvalue weighted by molar-refractivity contribution is -0.122. The molecule has 1 saturated heterocycles. The average molecular weight is 295 g/mol. The van der Waals surface area contributed by atoms with Gasteiger partial charge in [-0.3, -0.25) is 9.69 Å². The van der Waals surface area contributed by atoms with E-state index in [1.165, 1.54) is 0 Å². The molecule has 0 radical (unpaired) electrons. The first-order valence-corrected chi connectivity index (χ1v) is 7.76. The SMILES string of the molecule is O=C1CCN(CC(O)(c2ccccc2)c2ccccc2)CC1. The normalized spacial score (nSPS) is 16.7. The maximum Gasteiger partial charge on any atom is 0.135 e. The van der Waals surface area contributed by atoms with Gasteiger partial charge in [-0.1, -0.05) is 60.7 Å². The summed E-state index contributed by atoms with van der Waals surface area (Å²) in [7, 11) is 0. The van der Waals surface area contributed by atoms with Crippen molar-refractivity contribution in [3.8, 4) is 0 Å². The van der Waals surface area contributed by atoms with Crippen LogP contribution >= 0.6 is 0 Å². The first kappa shape index (κ1) is 14.9. The highest BCUT2D eigenvalue weighted by atomic mass is 16.3. The molecule has 0 unspecified atom stereocenters. The number of ketones is 1. The van der Waals surface area contributed by atoms with Crippen LogP contribution in [0.25, 0.3) is 0 Å². The fourth-order valence-corrected chi connectivity index (χ4v) is 3.06. The first-order valence-electron chi connectivity index (χ1n) is 7.76. The van der Waals surface area contributed by atoms with Crippen molar-refractivity contribution >= 4 is 5.78 Å². The summed E-state index contributed by atoms with van der Waals surface area (Å²) in [4.78, 5) is 13.6. The van der Waals surface area contributed by atoms with Gasteiger partial charge in [0, 0.05) is 32.5 Å². The fourth-order valence-electron chi connectivity index (χ4n) is 3.06. The van der Waals surface area contributed by atoms with Gasteiger partial charge in [0.1, 0.15) is 11.4 Å². The fraction of sp³-hybridized carbons (Fsp3) is 0.316. The number of Topliss-reactive ketones (excluding diaryl/α,β-unsaturated/α-hetero) is 1. The van der Waals surface area contributed by atoms with Crippen molar-refractivity contribution in [2.24, 2.45) is 0 Å². The molecule has 114 valence electrons. The zero-order chi connectivity index (χ0) is 15.4. The molecule has 0 amide bonds. The highest BCUT2D eigenvalue weighted by Gasteiger charge is 2.34. The number of carbonyl (C=O) groups is 1. The van der Waals surface area contributed by atoms with Gasteiger partial charge in [0.05, 0.1) is 0 Å². The van der Waals surface area contributed by atoms with Gasteiger partial charge in [-0.25, -0.2) is 0 Å². The van der Waals surface area contributed by atoms with Crippen LogP contribution in [0.5, 0.6) is 0 Å². The summed E-state index contributed by atoms with van der Waals surface area (Å²) in [6.45, 7) is 1.95. The Morgan fingerprint density at radius 3 is 1.77 bits per heavy atom. The highest BCUT2D eigenvalue weighted by molar-refractivity contribution is 5.79. The van der Waals surface area contributed by atoms with Crippen molar-refractivity contribution < 1.29 is 9.90 Å². The summed E-state index contributed by atoms with van der Waals surface area (Å²) in [5.74, 6) is 0.319. The average Bonchev–Trinajstić information content (AvgIpc) is 2.58. The van der Waals surface area contributed by atoms with Crippen molar-refractivity contribution in [1.82, 2.24) is 4.90 Å². The molecule has 3 nitrogen and oxygen atoms in total. The van der Waals surface area contributed by atoms with E-state index in [-0.39, 0.29) is 0 Å². The van der Waals surface area contributed by atoms with Crippen LogP contribution in [-0.4, -0.2) is 35.4 Å². The van der Waals surface area contributed by atoms with E-state index in [1.54, 1.807) is 0 Å². The van der Waals surface area contributed by atoms with Gasteiger partial charge >= 0.3 is 0 Å². The Balaban J connectivity index is 1.92. The summed E-state index contributed by atoms with van der Waals surface area (Å²) in [5, 5.41) is 11.4. The predicted octanol–water partition coefficient (Wildman–Crippen LogP) is 2.59. The second kappa shape index (κ2) is 6.42. The predicted molar refractivity (Wildman–Crippen MR) is 86.6 cm³/mol. The van der Waals surface area contributed by atoms with Crippen molar-refractivity contribution in [3.05, 3.63) is 71.8 Å². The number of aliphatic hydroxyl groups is 1. The summed E-state index contributed by atoms with van der Waals surface area (Å²) >= 11 is 0. The van der Waals surface area contributed by atoms with Gasteiger partial charge in [-0.05, 0) is 11.1 Å². The smallest absolute Gasteiger partial charge is 0.135 e. The maximum atomic E-state index is 11.4. The first-order chi connectivity index (χ1) is 10.7. The molecule has 1 N–H and O–H groups in total. The Kier molecular flexibility index (Phi) is 4.36. The molecule has 0 bridgehead atoms. The van der Waals surface area contributed by atoms with Crippen LogP contribution < -0.4 is 0 Å². The Labute approximate surface area is 131 Å². The topological polar surface area (TPSA) is 40.5 Å². The van der Waals surface area contributed by atoms with Crippen LogP contribution in [0, 0.1) is 0 Å². The Morgan fingerprint density at radius 1 is 0.864 bits per heavy atom. The minimum Gasteiger partial charge on any atom is -0.379 e. The highest BCUT2D eigenvalue weighted by Crippen LogP contribution is 2.31. The van der Waals surface area contributed by atoms with E-state index < -0.39 is 5.60 Å². The zero-order valence-corrected chi connectivity index (χ0v) is 12.6. The zero-order valence-electron chi connectivity index (χ0n) is 12.6. The molecule has 0 atom stereocenters. The van der Waals surface area contributed by atoms with Crippen LogP contribution in [0.2, 0.25) is 0 Å². The number of benzene rings is 2. The van der Waals surface area contributed by atoms with E-state index in [2.05, 4.69) is 4.90 Å². The van der Waals surface area contributed by atoms with Crippen LogP contribution in [0.4, 0.5) is 0 Å². The molecule has 0 aromatic heterocycles. The van der Waals surface area contributed by atoms with E-state index >= 15 is 0 Å². The second-order valence-corrected chi connectivity index (χ2v) is 5.91. The van der Waals surface area contributed by atoms with Crippen LogP contribution in [0.1, 0.15) is 24.0 Å². The number of hydrogen-bond donors (Lipinski definition) is 1. The minimum absolute atomic E-state index is 0.319. The number of hydrogen-bond acceptors (Lipinski definition) is 3. The molecule has 1 fully saturated rings. The summed E-state index contributed by atoms with van der Waals surface area (Å²) < 4.78 is 0. The molecule has 1 aliphatic heterocycles. The number of β-amino-alcohol motifs (C(OH)–C–C–N with tert-alkyl or cyclic N) is 1. The minimum atomic E-state index is -1.05. The van der Waals surface area contributed by atoms with Crippen molar-refractivity contribution in [2.75, 3.05) is 19.6 Å². The monoisotopic (exact) mass is 295 g/mol. The molecule has 22 heavy (non-hydrogen) atoms. The molecule has 3 rings (SSSR count). The molecule has 0 saturated carbocycles. The van der Waals surface area contributed by atoms with Gasteiger partial charge in [-0.2, -0.15) is 0 Å². The summed E-state index contributed by atoms with van der Waals surface area (Å²) in [6, 6.07) is 19.5. The third kappa shape index (κ3) is 3.11. The Morgan fingerprint density at radius 2 is 1.32 bits per heavy atom. The van der Waals surface area contributed by atoms with E-state index in [4.69, 9.17) is 0 Å². The van der Waals surface area contributed by atoms with Crippen molar-refractivity contribution in [2.45, 2.75) is 18.4 Å². The van der Waals surface area contributed by atoms with Gasteiger partial charge in [0.15, 0.2) is 0 Å². The molecule has 0 spiro atoms. The molecule has 1 heterocycles. The van der Waals surface area contributed by atoms with Gasteiger partial charge in [-0.15, -0.1) is 0 Å². The Hall–Kier alpha value is -1.97. The second-order valence-electron chi connectivity index (χ2n) is 5.91. The molecular weight excluding hydrogens is 274 g/mol. The number of rotatable bonds is 4. The quantitative estimate of drug-likeness (QED) is 0.942. The molecule has 1 aliphatic rings. The molecular formula is C19H21NO2. The number of carbonyl (C=O) groups excluding carboxylic acids is 1. The lowest BCUT2D eigenvalue weighted by atomic mass is 9.85. The van der Waals surface area contributed by atoms with Crippen LogP contribution in [0.15, 0.2) is 60.7 Å². The molecule has 2 aromatic rings. The largest absolute Gasteiger partial charge is 0.379 e. The van der Waals surface area contributed by atoms with Crippen molar-refractivity contribution in [1.29, 1.82) is 0 Å². The van der Waals surface area contributed by atoms with E-state index in [9.17, 15) is 9.90 Å². The summed E-state index contributed by atoms with van der Waals surface area (Å²) in [5.41, 5.74) is 0.722. The molecule has 2 aromatic carbocycles. The van der Waals surface area contributed by atoms with Crippen LogP contribution in [0.3, 0.4) is 0 Å². The number of nitrogens with zero attached hydrogens (tertiary/aromatic N) is 1. The maximum absolute atomic E-state index is 11.4. The van der Waals surface area contributed by atoms with Gasteiger partial charge < -0.3 is 5.11 Å². The molecule has 3 heteroatoms. The lowest BCUT2D eigenvalue weighted by Crippen LogP contribution is -2.45.